The van der Waals surface area contributed by atoms with Gasteiger partial charge < -0.3 is 5.32 Å². The standard InChI is InChI=1S/C14H17N5OS/c1-2-3-11-13(21-19-18-11)14(20)15-7-10-6-12(9-4-5-9)17-8-16-10/h6,8-9H,2-5,7H2,1H3,(H,15,20). The molecular weight excluding hydrogens is 286 g/mol. The maximum absolute atomic E-state index is 12.2. The highest BCUT2D eigenvalue weighted by atomic mass is 32.1. The molecule has 2 aromatic rings. The second-order valence-corrected chi connectivity index (χ2v) is 5.94. The summed E-state index contributed by atoms with van der Waals surface area (Å²) >= 11 is 1.14. The average Bonchev–Trinajstić information content (AvgIpc) is 3.26. The maximum Gasteiger partial charge on any atom is 0.265 e. The Morgan fingerprint density at radius 2 is 2.29 bits per heavy atom. The molecule has 0 bridgehead atoms. The van der Waals surface area contributed by atoms with Gasteiger partial charge in [-0.2, -0.15) is 0 Å². The first kappa shape index (κ1) is 14.1. The van der Waals surface area contributed by atoms with E-state index in [0.717, 1.165) is 41.5 Å². The Labute approximate surface area is 127 Å². The van der Waals surface area contributed by atoms with Gasteiger partial charge in [-0.25, -0.2) is 9.97 Å². The van der Waals surface area contributed by atoms with E-state index < -0.39 is 0 Å². The molecule has 1 aliphatic carbocycles. The Morgan fingerprint density at radius 1 is 1.43 bits per heavy atom. The van der Waals surface area contributed by atoms with E-state index in [1.807, 2.05) is 6.07 Å². The summed E-state index contributed by atoms with van der Waals surface area (Å²) in [5.74, 6) is 0.462. The molecule has 1 amide bonds. The van der Waals surface area contributed by atoms with Crippen molar-refractivity contribution in [1.29, 1.82) is 0 Å². The van der Waals surface area contributed by atoms with Crippen LogP contribution >= 0.6 is 11.5 Å². The van der Waals surface area contributed by atoms with Gasteiger partial charge in [0.25, 0.3) is 5.91 Å². The van der Waals surface area contributed by atoms with Crippen LogP contribution in [0, 0.1) is 0 Å². The van der Waals surface area contributed by atoms with Crippen LogP contribution in [0.3, 0.4) is 0 Å². The van der Waals surface area contributed by atoms with Gasteiger partial charge in [0.1, 0.15) is 11.2 Å². The summed E-state index contributed by atoms with van der Waals surface area (Å²) in [6.45, 7) is 2.46. The van der Waals surface area contributed by atoms with Crippen molar-refractivity contribution in [3.05, 3.63) is 34.4 Å². The van der Waals surface area contributed by atoms with Gasteiger partial charge in [-0.3, -0.25) is 4.79 Å². The molecule has 1 aliphatic rings. The fraction of sp³-hybridized carbons (Fsp3) is 0.500. The number of hydrogen-bond donors (Lipinski definition) is 1. The summed E-state index contributed by atoms with van der Waals surface area (Å²) in [6, 6.07) is 1.98. The molecule has 1 saturated carbocycles. The first-order valence-corrected chi connectivity index (χ1v) is 7.95. The molecule has 2 aromatic heterocycles. The zero-order valence-electron chi connectivity index (χ0n) is 11.9. The largest absolute Gasteiger partial charge is 0.346 e. The Bertz CT molecular complexity index is 638. The van der Waals surface area contributed by atoms with Crippen molar-refractivity contribution in [1.82, 2.24) is 24.9 Å². The van der Waals surface area contributed by atoms with Crippen LogP contribution in [0.15, 0.2) is 12.4 Å². The van der Waals surface area contributed by atoms with Gasteiger partial charge in [-0.1, -0.05) is 17.8 Å². The molecule has 1 N–H and O–H groups in total. The number of amides is 1. The molecule has 0 saturated heterocycles. The fourth-order valence-corrected chi connectivity index (χ4v) is 2.77. The zero-order valence-corrected chi connectivity index (χ0v) is 12.7. The molecule has 0 aliphatic heterocycles. The number of carbonyl (C=O) groups excluding carboxylic acids is 1. The lowest BCUT2D eigenvalue weighted by molar-refractivity contribution is 0.0953. The van der Waals surface area contributed by atoms with Crippen molar-refractivity contribution in [2.45, 2.75) is 45.1 Å². The van der Waals surface area contributed by atoms with Gasteiger partial charge in [0.15, 0.2) is 0 Å². The monoisotopic (exact) mass is 303 g/mol. The number of nitrogens with one attached hydrogen (secondary N) is 1. The van der Waals surface area contributed by atoms with E-state index >= 15 is 0 Å². The third kappa shape index (κ3) is 3.41. The highest BCUT2D eigenvalue weighted by molar-refractivity contribution is 7.08. The van der Waals surface area contributed by atoms with E-state index in [9.17, 15) is 4.79 Å². The van der Waals surface area contributed by atoms with Gasteiger partial charge in [0, 0.05) is 11.6 Å². The number of aryl methyl sites for hydroxylation is 1. The average molecular weight is 303 g/mol. The number of hydrogen-bond acceptors (Lipinski definition) is 6. The SMILES string of the molecule is CCCc1nnsc1C(=O)NCc1cc(C2CC2)ncn1. The summed E-state index contributed by atoms with van der Waals surface area (Å²) in [6.07, 6.45) is 5.71. The lowest BCUT2D eigenvalue weighted by atomic mass is 10.2. The van der Waals surface area contributed by atoms with Crippen LogP contribution in [0.4, 0.5) is 0 Å². The molecule has 7 heteroatoms. The van der Waals surface area contributed by atoms with Crippen molar-refractivity contribution < 1.29 is 4.79 Å². The molecule has 21 heavy (non-hydrogen) atoms. The summed E-state index contributed by atoms with van der Waals surface area (Å²) in [5.41, 5.74) is 2.71. The molecule has 0 atom stereocenters. The molecule has 6 nitrogen and oxygen atoms in total. The van der Waals surface area contributed by atoms with E-state index in [4.69, 9.17) is 0 Å². The lowest BCUT2D eigenvalue weighted by Gasteiger charge is -2.05. The summed E-state index contributed by atoms with van der Waals surface area (Å²) in [7, 11) is 0. The number of rotatable bonds is 6. The minimum absolute atomic E-state index is 0.125. The first-order valence-electron chi connectivity index (χ1n) is 7.18. The molecule has 0 aromatic carbocycles. The molecule has 1 fully saturated rings. The lowest BCUT2D eigenvalue weighted by Crippen LogP contribution is -2.23. The predicted octanol–water partition coefficient (Wildman–Crippen LogP) is 2.09. The molecule has 0 unspecified atom stereocenters. The third-order valence-corrected chi connectivity index (χ3v) is 4.19. The quantitative estimate of drug-likeness (QED) is 0.883. The Balaban J connectivity index is 1.62. The second-order valence-electron chi connectivity index (χ2n) is 5.19. The highest BCUT2D eigenvalue weighted by Gasteiger charge is 2.25. The van der Waals surface area contributed by atoms with Gasteiger partial charge in [-0.15, -0.1) is 5.10 Å². The van der Waals surface area contributed by atoms with Crippen molar-refractivity contribution in [2.75, 3.05) is 0 Å². The molecule has 0 spiro atoms. The van der Waals surface area contributed by atoms with Crippen molar-refractivity contribution in [2.24, 2.45) is 0 Å². The van der Waals surface area contributed by atoms with Crippen LogP contribution < -0.4 is 5.32 Å². The number of nitrogens with zero attached hydrogens (tertiary/aromatic N) is 4. The topological polar surface area (TPSA) is 80.7 Å². The van der Waals surface area contributed by atoms with E-state index in [1.165, 1.54) is 12.8 Å². The van der Waals surface area contributed by atoms with E-state index in [-0.39, 0.29) is 5.91 Å². The zero-order chi connectivity index (χ0) is 14.7. The van der Waals surface area contributed by atoms with Crippen LogP contribution in [-0.2, 0) is 13.0 Å². The second kappa shape index (κ2) is 6.26. The van der Waals surface area contributed by atoms with Crippen molar-refractivity contribution >= 4 is 17.4 Å². The van der Waals surface area contributed by atoms with Gasteiger partial charge in [0.2, 0.25) is 0 Å². The van der Waals surface area contributed by atoms with Crippen LogP contribution in [-0.4, -0.2) is 25.5 Å². The minimum Gasteiger partial charge on any atom is -0.346 e. The van der Waals surface area contributed by atoms with E-state index in [0.29, 0.717) is 17.3 Å². The van der Waals surface area contributed by atoms with E-state index in [1.54, 1.807) is 6.33 Å². The predicted molar refractivity (Wildman–Crippen MR) is 79.1 cm³/mol. The third-order valence-electron chi connectivity index (χ3n) is 3.42. The van der Waals surface area contributed by atoms with Crippen LogP contribution in [0.1, 0.15) is 58.9 Å². The summed E-state index contributed by atoms with van der Waals surface area (Å²) in [4.78, 5) is 21.3. The smallest absolute Gasteiger partial charge is 0.265 e. The van der Waals surface area contributed by atoms with Crippen molar-refractivity contribution in [3.63, 3.8) is 0 Å². The maximum atomic E-state index is 12.2. The molecule has 2 heterocycles. The van der Waals surface area contributed by atoms with Crippen LogP contribution in [0.5, 0.6) is 0 Å². The molecule has 0 radical (unpaired) electrons. The van der Waals surface area contributed by atoms with Crippen LogP contribution in [0.2, 0.25) is 0 Å². The minimum atomic E-state index is -0.125. The Kier molecular flexibility index (Phi) is 4.19. The van der Waals surface area contributed by atoms with Crippen LogP contribution in [0.25, 0.3) is 0 Å². The number of carbonyl (C=O) groups is 1. The van der Waals surface area contributed by atoms with E-state index in [2.05, 4.69) is 31.8 Å². The van der Waals surface area contributed by atoms with Gasteiger partial charge >= 0.3 is 0 Å². The Hall–Kier alpha value is -1.89. The summed E-state index contributed by atoms with van der Waals surface area (Å²) in [5, 5.41) is 6.90. The molecule has 110 valence electrons. The fourth-order valence-electron chi connectivity index (χ4n) is 2.15. The normalized spacial score (nSPS) is 14.1. The van der Waals surface area contributed by atoms with Gasteiger partial charge in [0.05, 0.1) is 17.9 Å². The molecule has 3 rings (SSSR count). The highest BCUT2D eigenvalue weighted by Crippen LogP contribution is 2.38. The number of aromatic nitrogens is 4. The Morgan fingerprint density at radius 3 is 3.05 bits per heavy atom. The molecular formula is C14H17N5OS. The summed E-state index contributed by atoms with van der Waals surface area (Å²) < 4.78 is 3.87. The van der Waals surface area contributed by atoms with Crippen molar-refractivity contribution in [3.8, 4) is 0 Å². The first-order chi connectivity index (χ1) is 10.3. The van der Waals surface area contributed by atoms with Gasteiger partial charge in [-0.05, 0) is 36.9 Å².